The molecule has 6 rings (SSSR count). The Kier molecular flexibility index (Phi) is 5.55. The van der Waals surface area contributed by atoms with Gasteiger partial charge in [-0.15, -0.1) is 11.8 Å². The standard InChI is InChI=1S/C30H37FO5S/c1-16-12-22-21-13-17(2)30(24-26(35-24)37-6,36-25(33)23-8-7-11-34-23)28(21,5)15-18(3)29(22,31)27(4)10-9-19(32)14-20(16)27/h7-11,14,16-18,21-22,24,26H,12-13,15H2,1-6H3. The minimum Gasteiger partial charge on any atom is -0.457 e. The Bertz CT molecular complexity index is 1190. The molecule has 1 aromatic heterocycles. The second-order valence-corrected chi connectivity index (χ2v) is 13.6. The van der Waals surface area contributed by atoms with Crippen molar-refractivity contribution < 1.29 is 27.9 Å². The third-order valence-corrected chi connectivity index (χ3v) is 11.8. The molecule has 0 amide bonds. The average molecular weight is 529 g/mol. The molecule has 0 radical (unpaired) electrons. The number of halogens is 1. The van der Waals surface area contributed by atoms with Crippen LogP contribution in [0.4, 0.5) is 4.39 Å². The zero-order valence-electron chi connectivity index (χ0n) is 22.5. The highest BCUT2D eigenvalue weighted by Crippen LogP contribution is 2.75. The van der Waals surface area contributed by atoms with Gasteiger partial charge in [0.25, 0.3) is 0 Å². The Morgan fingerprint density at radius 2 is 1.92 bits per heavy atom. The van der Waals surface area contributed by atoms with Crippen molar-refractivity contribution in [3.63, 3.8) is 0 Å². The maximum atomic E-state index is 17.9. The van der Waals surface area contributed by atoms with Gasteiger partial charge in [0.1, 0.15) is 17.2 Å². The summed E-state index contributed by atoms with van der Waals surface area (Å²) < 4.78 is 36.1. The van der Waals surface area contributed by atoms with Crippen LogP contribution in [-0.4, -0.2) is 40.8 Å². The summed E-state index contributed by atoms with van der Waals surface area (Å²) in [5, 5.41) is 0. The summed E-state index contributed by atoms with van der Waals surface area (Å²) in [4.78, 5) is 25.7. The van der Waals surface area contributed by atoms with Gasteiger partial charge in [-0.1, -0.05) is 39.3 Å². The molecule has 1 aromatic rings. The first-order valence-electron chi connectivity index (χ1n) is 13.5. The number of carbonyl (C=O) groups excluding carboxylic acids is 2. The maximum absolute atomic E-state index is 17.9. The maximum Gasteiger partial charge on any atom is 0.374 e. The zero-order chi connectivity index (χ0) is 26.5. The van der Waals surface area contributed by atoms with Crippen LogP contribution >= 0.6 is 11.8 Å². The highest BCUT2D eigenvalue weighted by molar-refractivity contribution is 7.99. The number of furan rings is 1. The third-order valence-electron chi connectivity index (χ3n) is 11.0. The van der Waals surface area contributed by atoms with Crippen molar-refractivity contribution >= 4 is 23.5 Å². The number of esters is 1. The van der Waals surface area contributed by atoms with Crippen LogP contribution in [0.5, 0.6) is 0 Å². The summed E-state index contributed by atoms with van der Waals surface area (Å²) in [7, 11) is 0. The molecule has 7 heteroatoms. The van der Waals surface area contributed by atoms with E-state index in [0.717, 1.165) is 12.0 Å². The smallest absolute Gasteiger partial charge is 0.374 e. The van der Waals surface area contributed by atoms with E-state index in [2.05, 4.69) is 20.8 Å². The van der Waals surface area contributed by atoms with Gasteiger partial charge in [-0.2, -0.15) is 0 Å². The first kappa shape index (κ1) is 25.4. The third kappa shape index (κ3) is 3.07. The lowest BCUT2D eigenvalue weighted by Gasteiger charge is -2.65. The summed E-state index contributed by atoms with van der Waals surface area (Å²) in [5.41, 5.74) is -2.83. The molecule has 200 valence electrons. The predicted octanol–water partition coefficient (Wildman–Crippen LogP) is 6.40. The molecular weight excluding hydrogens is 491 g/mol. The minimum atomic E-state index is -1.50. The number of thioether (sulfide) groups is 1. The van der Waals surface area contributed by atoms with Crippen LogP contribution in [0.15, 0.2) is 46.6 Å². The second-order valence-electron chi connectivity index (χ2n) is 12.6. The molecule has 4 aliphatic carbocycles. The van der Waals surface area contributed by atoms with Crippen LogP contribution in [-0.2, 0) is 14.3 Å². The lowest BCUT2D eigenvalue weighted by molar-refractivity contribution is -0.204. The van der Waals surface area contributed by atoms with Crippen molar-refractivity contribution in [1.82, 2.24) is 0 Å². The fraction of sp³-hybridized carbons (Fsp3) is 0.667. The predicted molar refractivity (Wildman–Crippen MR) is 140 cm³/mol. The minimum absolute atomic E-state index is 0.00617. The van der Waals surface area contributed by atoms with Crippen LogP contribution in [0.1, 0.15) is 64.4 Å². The van der Waals surface area contributed by atoms with E-state index in [-0.39, 0.29) is 52.7 Å². The van der Waals surface area contributed by atoms with Gasteiger partial charge in [0.05, 0.1) is 6.26 Å². The van der Waals surface area contributed by atoms with Crippen molar-refractivity contribution in [2.75, 3.05) is 6.26 Å². The number of ketones is 1. The van der Waals surface area contributed by atoms with Crippen molar-refractivity contribution in [3.05, 3.63) is 48.0 Å². The highest BCUT2D eigenvalue weighted by atomic mass is 32.2. The molecular formula is C30H37FO5S. The molecule has 5 nitrogen and oxygen atoms in total. The first-order chi connectivity index (χ1) is 17.4. The monoisotopic (exact) mass is 528 g/mol. The van der Waals surface area contributed by atoms with Crippen LogP contribution in [0.2, 0.25) is 0 Å². The summed E-state index contributed by atoms with van der Waals surface area (Å²) in [6.07, 6.45) is 10.3. The number of ether oxygens (including phenoxy) is 2. The van der Waals surface area contributed by atoms with Crippen LogP contribution in [0.3, 0.4) is 0 Å². The summed E-state index contributed by atoms with van der Waals surface area (Å²) in [6, 6.07) is 3.31. The Morgan fingerprint density at radius 3 is 2.57 bits per heavy atom. The van der Waals surface area contributed by atoms with Gasteiger partial charge >= 0.3 is 5.97 Å². The fourth-order valence-corrected chi connectivity index (χ4v) is 10.2. The SMILES string of the molecule is CSC1OC1C1(OC(=O)c2ccco2)C(C)CC2C3CC(C)C4=CC(=O)C=CC4(C)C3(F)C(C)CC21C. The van der Waals surface area contributed by atoms with Crippen molar-refractivity contribution in [2.24, 2.45) is 40.4 Å². The molecule has 0 spiro atoms. The average Bonchev–Trinajstić information content (AvgIpc) is 3.36. The van der Waals surface area contributed by atoms with Crippen molar-refractivity contribution in [1.29, 1.82) is 0 Å². The van der Waals surface area contributed by atoms with Gasteiger partial charge in [0.15, 0.2) is 11.4 Å². The number of epoxide rings is 1. The molecule has 5 aliphatic rings. The normalized spacial score (nSPS) is 50.1. The number of hydrogen-bond donors (Lipinski definition) is 0. The van der Waals surface area contributed by atoms with Crippen LogP contribution in [0, 0.1) is 40.4 Å². The molecule has 3 saturated carbocycles. The molecule has 1 aliphatic heterocycles. The molecule has 11 unspecified atom stereocenters. The molecule has 0 bridgehead atoms. The largest absolute Gasteiger partial charge is 0.457 e. The number of fused-ring (bicyclic) bond motifs is 5. The first-order valence-corrected chi connectivity index (χ1v) is 14.8. The summed E-state index contributed by atoms with van der Waals surface area (Å²) in [5.74, 6) is -0.814. The Labute approximate surface area is 222 Å². The summed E-state index contributed by atoms with van der Waals surface area (Å²) >= 11 is 1.63. The van der Waals surface area contributed by atoms with E-state index in [4.69, 9.17) is 13.9 Å². The molecule has 37 heavy (non-hydrogen) atoms. The van der Waals surface area contributed by atoms with E-state index < -0.39 is 28.1 Å². The molecule has 2 heterocycles. The fourth-order valence-electron chi connectivity index (χ4n) is 9.53. The van der Waals surface area contributed by atoms with Crippen molar-refractivity contribution in [3.8, 4) is 0 Å². The van der Waals surface area contributed by atoms with Gasteiger partial charge < -0.3 is 13.9 Å². The number of carbonyl (C=O) groups is 2. The molecule has 1 saturated heterocycles. The molecule has 0 aromatic carbocycles. The van der Waals surface area contributed by atoms with Gasteiger partial charge in [-0.05, 0) is 86.3 Å². The van der Waals surface area contributed by atoms with E-state index >= 15 is 4.39 Å². The van der Waals surface area contributed by atoms with E-state index in [1.54, 1.807) is 36.0 Å². The molecule has 11 atom stereocenters. The Morgan fingerprint density at radius 1 is 1.16 bits per heavy atom. The van der Waals surface area contributed by atoms with Gasteiger partial charge in [0, 0.05) is 10.8 Å². The van der Waals surface area contributed by atoms with E-state index in [1.807, 2.05) is 26.2 Å². The quantitative estimate of drug-likeness (QED) is 0.333. The Hall–Kier alpha value is -1.86. The van der Waals surface area contributed by atoms with E-state index in [0.29, 0.717) is 12.8 Å². The van der Waals surface area contributed by atoms with E-state index in [9.17, 15) is 9.59 Å². The molecule has 0 N–H and O–H groups in total. The number of allylic oxidation sites excluding steroid dienone is 4. The molecule has 4 fully saturated rings. The topological polar surface area (TPSA) is 69.0 Å². The lowest BCUT2D eigenvalue weighted by atomic mass is 9.41. The summed E-state index contributed by atoms with van der Waals surface area (Å²) in [6.45, 7) is 10.5. The number of alkyl halides is 1. The number of hydrogen-bond acceptors (Lipinski definition) is 6. The lowest BCUT2D eigenvalue weighted by Crippen LogP contribution is -2.68. The van der Waals surface area contributed by atoms with Gasteiger partial charge in [-0.3, -0.25) is 4.79 Å². The second kappa shape index (κ2) is 8.08. The zero-order valence-corrected chi connectivity index (χ0v) is 23.3. The van der Waals surface area contributed by atoms with Crippen LogP contribution < -0.4 is 0 Å². The highest BCUT2D eigenvalue weighted by Gasteiger charge is 2.79. The van der Waals surface area contributed by atoms with Gasteiger partial charge in [0.2, 0.25) is 5.76 Å². The Balaban J connectivity index is 1.46. The van der Waals surface area contributed by atoms with Gasteiger partial charge in [-0.25, -0.2) is 9.18 Å². The van der Waals surface area contributed by atoms with Crippen LogP contribution in [0.25, 0.3) is 0 Å². The number of rotatable bonds is 4. The van der Waals surface area contributed by atoms with Crippen molar-refractivity contribution in [2.45, 2.75) is 76.7 Å². The van der Waals surface area contributed by atoms with E-state index in [1.165, 1.54) is 6.26 Å².